The second-order valence-corrected chi connectivity index (χ2v) is 7.36. The zero-order chi connectivity index (χ0) is 18.2. The van der Waals surface area contributed by atoms with Crippen molar-refractivity contribution in [3.8, 4) is 10.9 Å². The van der Waals surface area contributed by atoms with E-state index in [-0.39, 0.29) is 5.91 Å². The number of rotatable bonds is 3. The number of benzene rings is 2. The molecule has 0 radical (unpaired) electrons. The number of hydrogen-bond acceptors (Lipinski definition) is 5. The summed E-state index contributed by atoms with van der Waals surface area (Å²) in [5.41, 5.74) is 2.47. The van der Waals surface area contributed by atoms with Crippen LogP contribution in [0.4, 0.5) is 0 Å². The van der Waals surface area contributed by atoms with E-state index in [1.807, 2.05) is 47.4 Å². The van der Waals surface area contributed by atoms with Gasteiger partial charge in [-0.3, -0.25) is 4.79 Å². The minimum Gasteiger partial charge on any atom is -0.431 e. The molecular weight excluding hydrogens is 362 g/mol. The maximum absolute atomic E-state index is 12.8. The Hall–Kier alpha value is -2.90. The lowest BCUT2D eigenvalue weighted by Crippen LogP contribution is -2.40. The number of thiazole rings is 1. The second kappa shape index (κ2) is 6.68. The van der Waals surface area contributed by atoms with Gasteiger partial charge in [-0.2, -0.15) is 0 Å². The summed E-state index contributed by atoms with van der Waals surface area (Å²) in [6.45, 7) is 2.44. The fraction of sp³-hybridized carbons (Fsp3) is 0.200. The van der Waals surface area contributed by atoms with Gasteiger partial charge in [-0.05, 0) is 24.3 Å². The van der Waals surface area contributed by atoms with Gasteiger partial charge in [0.1, 0.15) is 5.75 Å². The van der Waals surface area contributed by atoms with Gasteiger partial charge < -0.3 is 19.4 Å². The number of para-hydroxylation sites is 1. The molecule has 1 saturated heterocycles. The van der Waals surface area contributed by atoms with Crippen LogP contribution in [0.15, 0.2) is 48.7 Å². The molecule has 2 aromatic heterocycles. The van der Waals surface area contributed by atoms with Crippen LogP contribution in [0.3, 0.4) is 0 Å². The maximum Gasteiger partial charge on any atom is 0.279 e. The zero-order valence-corrected chi connectivity index (χ0v) is 15.3. The van der Waals surface area contributed by atoms with Crippen molar-refractivity contribution < 1.29 is 14.3 Å². The minimum absolute atomic E-state index is 0.0318. The first kappa shape index (κ1) is 16.3. The number of fused-ring (bicyclic) bond motifs is 2. The first-order chi connectivity index (χ1) is 13.3. The molecule has 2 aromatic carbocycles. The SMILES string of the molecule is O=C(c1c[nH]c2cc(Oc3nc4ccccc4s3)ccc12)N1CCOCC1. The summed E-state index contributed by atoms with van der Waals surface area (Å²) in [6, 6.07) is 13.6. The van der Waals surface area contributed by atoms with Crippen LogP contribution in [0.1, 0.15) is 10.4 Å². The van der Waals surface area contributed by atoms with Crippen LogP contribution < -0.4 is 4.74 Å². The number of hydrogen-bond donors (Lipinski definition) is 1. The molecule has 1 aliphatic heterocycles. The van der Waals surface area contributed by atoms with E-state index in [0.29, 0.717) is 42.8 Å². The van der Waals surface area contributed by atoms with Crippen LogP contribution in [-0.2, 0) is 4.74 Å². The van der Waals surface area contributed by atoms with Gasteiger partial charge in [0.2, 0.25) is 0 Å². The number of ether oxygens (including phenoxy) is 2. The molecule has 0 atom stereocenters. The molecule has 1 fully saturated rings. The molecule has 1 aliphatic rings. The van der Waals surface area contributed by atoms with Gasteiger partial charge in [0.25, 0.3) is 11.1 Å². The van der Waals surface area contributed by atoms with E-state index < -0.39 is 0 Å². The maximum atomic E-state index is 12.8. The molecule has 0 aliphatic carbocycles. The average Bonchev–Trinajstić information content (AvgIpc) is 3.31. The van der Waals surface area contributed by atoms with Gasteiger partial charge in [0, 0.05) is 36.3 Å². The first-order valence-electron chi connectivity index (χ1n) is 8.79. The molecular formula is C20H17N3O3S. The van der Waals surface area contributed by atoms with E-state index in [1.165, 1.54) is 11.3 Å². The number of aromatic nitrogens is 2. The average molecular weight is 379 g/mol. The molecule has 27 heavy (non-hydrogen) atoms. The minimum atomic E-state index is 0.0318. The fourth-order valence-electron chi connectivity index (χ4n) is 3.28. The van der Waals surface area contributed by atoms with Gasteiger partial charge >= 0.3 is 0 Å². The van der Waals surface area contributed by atoms with Crippen molar-refractivity contribution in [1.82, 2.24) is 14.9 Å². The third-order valence-electron chi connectivity index (χ3n) is 4.66. The lowest BCUT2D eigenvalue weighted by Gasteiger charge is -2.26. The van der Waals surface area contributed by atoms with Crippen molar-refractivity contribution in [1.29, 1.82) is 0 Å². The largest absolute Gasteiger partial charge is 0.431 e. The van der Waals surface area contributed by atoms with E-state index >= 15 is 0 Å². The second-order valence-electron chi connectivity index (χ2n) is 6.36. The van der Waals surface area contributed by atoms with Gasteiger partial charge in [0.05, 0.1) is 29.0 Å². The highest BCUT2D eigenvalue weighted by molar-refractivity contribution is 7.20. The van der Waals surface area contributed by atoms with Crippen LogP contribution >= 0.6 is 11.3 Å². The summed E-state index contributed by atoms with van der Waals surface area (Å²) in [5.74, 6) is 0.721. The van der Waals surface area contributed by atoms with Gasteiger partial charge in [-0.15, -0.1) is 0 Å². The Kier molecular flexibility index (Phi) is 4.03. The van der Waals surface area contributed by atoms with Crippen LogP contribution in [0.2, 0.25) is 0 Å². The Morgan fingerprint density at radius 1 is 1.19 bits per heavy atom. The Balaban J connectivity index is 1.41. The van der Waals surface area contributed by atoms with Crippen molar-refractivity contribution in [2.75, 3.05) is 26.3 Å². The highest BCUT2D eigenvalue weighted by Crippen LogP contribution is 2.32. The Bertz CT molecular complexity index is 1090. The number of nitrogens with one attached hydrogen (secondary N) is 1. The number of carbonyl (C=O) groups excluding carboxylic acids is 1. The number of aromatic amines is 1. The fourth-order valence-corrected chi connectivity index (χ4v) is 4.11. The quantitative estimate of drug-likeness (QED) is 0.583. The van der Waals surface area contributed by atoms with E-state index in [4.69, 9.17) is 9.47 Å². The molecule has 1 amide bonds. The smallest absolute Gasteiger partial charge is 0.279 e. The summed E-state index contributed by atoms with van der Waals surface area (Å²) in [7, 11) is 0. The third kappa shape index (κ3) is 3.05. The predicted octanol–water partition coefficient (Wildman–Crippen LogP) is 4.04. The van der Waals surface area contributed by atoms with E-state index in [1.54, 1.807) is 6.20 Å². The lowest BCUT2D eigenvalue weighted by molar-refractivity contribution is 0.0304. The van der Waals surface area contributed by atoms with Gasteiger partial charge in [-0.25, -0.2) is 4.98 Å². The van der Waals surface area contributed by atoms with Crippen molar-refractivity contribution in [3.63, 3.8) is 0 Å². The summed E-state index contributed by atoms with van der Waals surface area (Å²) >= 11 is 1.51. The normalized spacial score (nSPS) is 14.7. The van der Waals surface area contributed by atoms with E-state index in [0.717, 1.165) is 21.1 Å². The van der Waals surface area contributed by atoms with Crippen molar-refractivity contribution in [3.05, 3.63) is 54.2 Å². The Morgan fingerprint density at radius 3 is 2.89 bits per heavy atom. The summed E-state index contributed by atoms with van der Waals surface area (Å²) in [5, 5.41) is 1.50. The Morgan fingerprint density at radius 2 is 2.04 bits per heavy atom. The number of carbonyl (C=O) groups is 1. The Labute approximate surface area is 159 Å². The number of H-pyrrole nitrogens is 1. The van der Waals surface area contributed by atoms with Crippen LogP contribution in [0.5, 0.6) is 10.9 Å². The molecule has 0 unspecified atom stereocenters. The van der Waals surface area contributed by atoms with Crippen LogP contribution in [0, 0.1) is 0 Å². The van der Waals surface area contributed by atoms with Crippen molar-refractivity contribution >= 4 is 38.4 Å². The highest BCUT2D eigenvalue weighted by Gasteiger charge is 2.21. The molecule has 6 nitrogen and oxygen atoms in total. The van der Waals surface area contributed by atoms with Crippen molar-refractivity contribution in [2.45, 2.75) is 0 Å². The molecule has 0 spiro atoms. The molecule has 7 heteroatoms. The predicted molar refractivity (Wildman–Crippen MR) is 105 cm³/mol. The molecule has 3 heterocycles. The third-order valence-corrected chi connectivity index (χ3v) is 5.58. The van der Waals surface area contributed by atoms with E-state index in [9.17, 15) is 4.79 Å². The monoisotopic (exact) mass is 379 g/mol. The standard InChI is InChI=1S/C20H17N3O3S/c24-19(23-7-9-25-10-8-23)15-12-21-17-11-13(5-6-14(15)17)26-20-22-16-3-1-2-4-18(16)27-20/h1-6,11-12,21H,7-10H2. The molecule has 136 valence electrons. The summed E-state index contributed by atoms with van der Waals surface area (Å²) in [6.07, 6.45) is 1.77. The molecule has 1 N–H and O–H groups in total. The van der Waals surface area contributed by atoms with Crippen molar-refractivity contribution in [2.24, 2.45) is 0 Å². The first-order valence-corrected chi connectivity index (χ1v) is 9.61. The number of amides is 1. The number of nitrogens with zero attached hydrogens (tertiary/aromatic N) is 2. The molecule has 5 rings (SSSR count). The van der Waals surface area contributed by atoms with Gasteiger partial charge in [-0.1, -0.05) is 23.5 Å². The summed E-state index contributed by atoms with van der Waals surface area (Å²) < 4.78 is 12.3. The lowest BCUT2D eigenvalue weighted by atomic mass is 10.1. The molecule has 4 aromatic rings. The molecule has 0 bridgehead atoms. The van der Waals surface area contributed by atoms with Gasteiger partial charge in [0.15, 0.2) is 0 Å². The number of morpholine rings is 1. The van der Waals surface area contributed by atoms with Crippen LogP contribution in [0.25, 0.3) is 21.1 Å². The zero-order valence-electron chi connectivity index (χ0n) is 14.5. The summed E-state index contributed by atoms with van der Waals surface area (Å²) in [4.78, 5) is 22.3. The van der Waals surface area contributed by atoms with E-state index in [2.05, 4.69) is 9.97 Å². The molecule has 0 saturated carbocycles. The topological polar surface area (TPSA) is 67.5 Å². The highest BCUT2D eigenvalue weighted by atomic mass is 32.1. The van der Waals surface area contributed by atoms with Crippen LogP contribution in [-0.4, -0.2) is 47.1 Å².